The minimum atomic E-state index is -0.831. The summed E-state index contributed by atoms with van der Waals surface area (Å²) in [5.41, 5.74) is -0.118. The number of carbonyl (C=O) groups is 1. The number of amides is 1. The van der Waals surface area contributed by atoms with E-state index in [0.717, 1.165) is 25.0 Å². The molecule has 3 unspecified atom stereocenters. The molecule has 3 atom stereocenters. The molecular weight excluding hydrogens is 250 g/mol. The summed E-state index contributed by atoms with van der Waals surface area (Å²) in [6.45, 7) is 4.08. The number of halogens is 2. The minimum Gasteiger partial charge on any atom is -0.348 e. The summed E-state index contributed by atoms with van der Waals surface area (Å²) < 4.78 is 26.3. The Morgan fingerprint density at radius 2 is 2.05 bits per heavy atom. The van der Waals surface area contributed by atoms with E-state index in [4.69, 9.17) is 0 Å². The third-order valence-corrected chi connectivity index (χ3v) is 3.55. The number of nitrogens with one attached hydrogen (secondary N) is 2. The van der Waals surface area contributed by atoms with Crippen LogP contribution >= 0.6 is 0 Å². The lowest BCUT2D eigenvalue weighted by atomic mass is 9.95. The maximum absolute atomic E-state index is 13.5. The van der Waals surface area contributed by atoms with Crippen molar-refractivity contribution in [2.24, 2.45) is 0 Å². The Kier molecular flexibility index (Phi) is 4.14. The fourth-order valence-electron chi connectivity index (χ4n) is 2.44. The first-order chi connectivity index (χ1) is 8.97. The molecule has 1 aromatic rings. The van der Waals surface area contributed by atoms with Crippen molar-refractivity contribution in [3.8, 4) is 0 Å². The van der Waals surface area contributed by atoms with Crippen molar-refractivity contribution in [2.75, 3.05) is 0 Å². The molecule has 1 aromatic carbocycles. The van der Waals surface area contributed by atoms with Gasteiger partial charge in [0.1, 0.15) is 11.6 Å². The van der Waals surface area contributed by atoms with Crippen molar-refractivity contribution in [1.82, 2.24) is 10.6 Å². The Bertz CT molecular complexity index is 479. The Hall–Kier alpha value is -1.49. The summed E-state index contributed by atoms with van der Waals surface area (Å²) in [5.74, 6) is -2.01. The molecule has 104 valence electrons. The molecule has 0 aliphatic carbocycles. The second-order valence-electron chi connectivity index (χ2n) is 5.14. The topological polar surface area (TPSA) is 41.1 Å². The van der Waals surface area contributed by atoms with Crippen LogP contribution in [0, 0.1) is 11.6 Å². The molecule has 0 radical (unpaired) electrons. The minimum absolute atomic E-state index is 0.0341. The second kappa shape index (κ2) is 5.65. The Morgan fingerprint density at radius 1 is 1.32 bits per heavy atom. The molecule has 0 spiro atoms. The van der Waals surface area contributed by atoms with Crippen LogP contribution in [-0.2, 0) is 0 Å². The molecule has 1 fully saturated rings. The average Bonchev–Trinajstić information content (AvgIpc) is 2.32. The number of carbonyl (C=O) groups excluding carboxylic acids is 1. The molecule has 19 heavy (non-hydrogen) atoms. The predicted molar refractivity (Wildman–Crippen MR) is 68.9 cm³/mol. The van der Waals surface area contributed by atoms with Crippen LogP contribution in [0.15, 0.2) is 18.2 Å². The van der Waals surface area contributed by atoms with Gasteiger partial charge in [0.25, 0.3) is 5.91 Å². The highest BCUT2D eigenvalue weighted by atomic mass is 19.1. The van der Waals surface area contributed by atoms with E-state index in [2.05, 4.69) is 17.6 Å². The Balaban J connectivity index is 2.04. The molecule has 0 bridgehead atoms. The van der Waals surface area contributed by atoms with Crippen LogP contribution < -0.4 is 10.6 Å². The third-order valence-electron chi connectivity index (χ3n) is 3.55. The maximum Gasteiger partial charge on any atom is 0.254 e. The van der Waals surface area contributed by atoms with Gasteiger partial charge in [-0.25, -0.2) is 8.78 Å². The molecule has 2 rings (SSSR count). The first kappa shape index (κ1) is 13.9. The number of piperidine rings is 1. The van der Waals surface area contributed by atoms with Crippen molar-refractivity contribution in [3.63, 3.8) is 0 Å². The van der Waals surface area contributed by atoms with E-state index in [9.17, 15) is 13.6 Å². The van der Waals surface area contributed by atoms with Crippen molar-refractivity contribution in [2.45, 2.75) is 44.8 Å². The molecule has 1 heterocycles. The fraction of sp³-hybridized carbons (Fsp3) is 0.500. The summed E-state index contributed by atoms with van der Waals surface area (Å²) in [6, 6.07) is 3.50. The SMILES string of the molecule is CC1CCC(NC(=O)c2ccc(F)cc2F)C(C)N1. The average molecular weight is 268 g/mol. The van der Waals surface area contributed by atoms with Gasteiger partial charge in [-0.05, 0) is 38.8 Å². The van der Waals surface area contributed by atoms with E-state index in [1.807, 2.05) is 6.92 Å². The summed E-state index contributed by atoms with van der Waals surface area (Å²) in [7, 11) is 0. The highest BCUT2D eigenvalue weighted by Gasteiger charge is 2.26. The lowest BCUT2D eigenvalue weighted by Gasteiger charge is -2.34. The van der Waals surface area contributed by atoms with Gasteiger partial charge in [-0.15, -0.1) is 0 Å². The highest BCUT2D eigenvalue weighted by Crippen LogP contribution is 2.15. The van der Waals surface area contributed by atoms with Gasteiger partial charge in [-0.3, -0.25) is 4.79 Å². The zero-order valence-electron chi connectivity index (χ0n) is 11.0. The van der Waals surface area contributed by atoms with E-state index in [-0.39, 0.29) is 17.6 Å². The van der Waals surface area contributed by atoms with Crippen LogP contribution in [0.4, 0.5) is 8.78 Å². The second-order valence-corrected chi connectivity index (χ2v) is 5.14. The zero-order chi connectivity index (χ0) is 14.0. The fourth-order valence-corrected chi connectivity index (χ4v) is 2.44. The number of rotatable bonds is 2. The molecule has 0 saturated carbocycles. The van der Waals surface area contributed by atoms with Crippen LogP contribution in [0.5, 0.6) is 0 Å². The van der Waals surface area contributed by atoms with Crippen LogP contribution in [0.25, 0.3) is 0 Å². The van der Waals surface area contributed by atoms with Crippen LogP contribution in [-0.4, -0.2) is 24.0 Å². The van der Waals surface area contributed by atoms with Crippen LogP contribution in [0.3, 0.4) is 0 Å². The molecule has 1 saturated heterocycles. The van der Waals surface area contributed by atoms with Gasteiger partial charge in [-0.1, -0.05) is 0 Å². The van der Waals surface area contributed by atoms with Gasteiger partial charge in [0, 0.05) is 24.2 Å². The molecule has 2 N–H and O–H groups in total. The lowest BCUT2D eigenvalue weighted by molar-refractivity contribution is 0.0910. The van der Waals surface area contributed by atoms with E-state index >= 15 is 0 Å². The summed E-state index contributed by atoms with van der Waals surface area (Å²) in [6.07, 6.45) is 1.81. The van der Waals surface area contributed by atoms with Gasteiger partial charge >= 0.3 is 0 Å². The molecule has 1 aliphatic heterocycles. The maximum atomic E-state index is 13.5. The van der Waals surface area contributed by atoms with E-state index < -0.39 is 17.5 Å². The summed E-state index contributed by atoms with van der Waals surface area (Å²) >= 11 is 0. The number of hydrogen-bond acceptors (Lipinski definition) is 2. The van der Waals surface area contributed by atoms with E-state index in [0.29, 0.717) is 6.04 Å². The largest absolute Gasteiger partial charge is 0.348 e. The number of benzene rings is 1. The van der Waals surface area contributed by atoms with Crippen molar-refractivity contribution >= 4 is 5.91 Å². The Morgan fingerprint density at radius 3 is 2.68 bits per heavy atom. The standard InChI is InChI=1S/C14H18F2N2O/c1-8-3-6-13(9(2)17-8)18-14(19)11-5-4-10(15)7-12(11)16/h4-5,7-9,13,17H,3,6H2,1-2H3,(H,18,19). The quantitative estimate of drug-likeness (QED) is 0.863. The summed E-state index contributed by atoms with van der Waals surface area (Å²) in [4.78, 5) is 12.0. The number of hydrogen-bond donors (Lipinski definition) is 2. The predicted octanol–water partition coefficient (Wildman–Crippen LogP) is 2.22. The normalized spacial score (nSPS) is 27.1. The van der Waals surface area contributed by atoms with Gasteiger partial charge in [0.15, 0.2) is 0 Å². The van der Waals surface area contributed by atoms with Crippen molar-refractivity contribution < 1.29 is 13.6 Å². The molecular formula is C14H18F2N2O. The molecule has 0 aromatic heterocycles. The first-order valence-corrected chi connectivity index (χ1v) is 6.49. The summed E-state index contributed by atoms with van der Waals surface area (Å²) in [5, 5.41) is 6.14. The molecule has 1 amide bonds. The lowest BCUT2D eigenvalue weighted by Crippen LogP contribution is -2.54. The Labute approximate surface area is 111 Å². The first-order valence-electron chi connectivity index (χ1n) is 6.49. The van der Waals surface area contributed by atoms with Gasteiger partial charge in [0.2, 0.25) is 0 Å². The van der Waals surface area contributed by atoms with Crippen LogP contribution in [0.2, 0.25) is 0 Å². The van der Waals surface area contributed by atoms with Gasteiger partial charge in [-0.2, -0.15) is 0 Å². The third kappa shape index (κ3) is 3.29. The molecule has 3 nitrogen and oxygen atoms in total. The smallest absolute Gasteiger partial charge is 0.254 e. The van der Waals surface area contributed by atoms with Crippen LogP contribution in [0.1, 0.15) is 37.0 Å². The van der Waals surface area contributed by atoms with Gasteiger partial charge in [0.05, 0.1) is 5.56 Å². The van der Waals surface area contributed by atoms with Crippen molar-refractivity contribution in [3.05, 3.63) is 35.4 Å². The van der Waals surface area contributed by atoms with E-state index in [1.54, 1.807) is 0 Å². The molecule has 1 aliphatic rings. The monoisotopic (exact) mass is 268 g/mol. The zero-order valence-corrected chi connectivity index (χ0v) is 11.0. The molecule has 5 heteroatoms. The highest BCUT2D eigenvalue weighted by molar-refractivity contribution is 5.94. The van der Waals surface area contributed by atoms with E-state index in [1.165, 1.54) is 6.07 Å². The van der Waals surface area contributed by atoms with Crippen molar-refractivity contribution in [1.29, 1.82) is 0 Å². The van der Waals surface area contributed by atoms with Gasteiger partial charge < -0.3 is 10.6 Å².